The molecule has 2 unspecified atom stereocenters. The third-order valence-electron chi connectivity index (χ3n) is 5.23. The number of hydrogen-bond donors (Lipinski definition) is 4. The second-order valence-corrected chi connectivity index (χ2v) is 9.87. The van der Waals surface area contributed by atoms with Gasteiger partial charge in [-0.25, -0.2) is 22.4 Å². The van der Waals surface area contributed by atoms with Gasteiger partial charge >= 0.3 is 11.9 Å². The van der Waals surface area contributed by atoms with Crippen LogP contribution in [0, 0.1) is 0 Å². The molecular formula is C20H22Cl2N5O4S+. The van der Waals surface area contributed by atoms with Crippen molar-refractivity contribution in [2.45, 2.75) is 17.9 Å². The molecule has 2 atom stereocenters. The lowest BCUT2D eigenvalue weighted by Crippen LogP contribution is -2.45. The maximum absolute atomic E-state index is 12.6. The maximum Gasteiger partial charge on any atom is 0.328 e. The average molecular weight is 499 g/mol. The van der Waals surface area contributed by atoms with E-state index < -0.39 is 28.0 Å². The van der Waals surface area contributed by atoms with Gasteiger partial charge in [-0.2, -0.15) is 0 Å². The molecule has 0 saturated heterocycles. The molecule has 0 bridgehead atoms. The van der Waals surface area contributed by atoms with Crippen molar-refractivity contribution in [1.82, 2.24) is 14.5 Å². The van der Waals surface area contributed by atoms with Gasteiger partial charge in [0.05, 0.1) is 27.6 Å². The third kappa shape index (κ3) is 4.19. The summed E-state index contributed by atoms with van der Waals surface area (Å²) in [6, 6.07) is 7.78. The Morgan fingerprint density at radius 2 is 1.75 bits per heavy atom. The van der Waals surface area contributed by atoms with Crippen LogP contribution >= 0.6 is 23.2 Å². The molecule has 0 fully saturated rings. The average Bonchev–Trinajstić information content (AvgIpc) is 3.04. The summed E-state index contributed by atoms with van der Waals surface area (Å²) in [7, 11) is -2.40. The number of benzene rings is 2. The molecule has 1 heterocycles. The molecule has 9 nitrogen and oxygen atoms in total. The summed E-state index contributed by atoms with van der Waals surface area (Å²) in [4.78, 5) is 24.0. The van der Waals surface area contributed by atoms with Crippen molar-refractivity contribution >= 4 is 62.6 Å². The van der Waals surface area contributed by atoms with Gasteiger partial charge in [-0.1, -0.05) is 23.2 Å². The fraction of sp³-hybridized carbons (Fsp3) is 0.200. The van der Waals surface area contributed by atoms with Gasteiger partial charge in [0.2, 0.25) is 5.70 Å². The molecule has 6 N–H and O–H groups in total. The zero-order valence-corrected chi connectivity index (χ0v) is 19.6. The van der Waals surface area contributed by atoms with Gasteiger partial charge in [-0.15, -0.1) is 0 Å². The number of sulfonamides is 1. The number of amides is 3. The van der Waals surface area contributed by atoms with E-state index in [1.807, 2.05) is 4.72 Å². The minimum absolute atomic E-state index is 0.135. The van der Waals surface area contributed by atoms with Crippen LogP contribution < -0.4 is 26.0 Å². The second-order valence-electron chi connectivity index (χ2n) is 7.40. The topological polar surface area (TPSA) is 144 Å². The van der Waals surface area contributed by atoms with Crippen molar-refractivity contribution < 1.29 is 18.0 Å². The Morgan fingerprint density at radius 1 is 1.12 bits per heavy atom. The largest absolute Gasteiger partial charge is 0.361 e. The number of nitrogens with one attached hydrogen (secondary N) is 2. The van der Waals surface area contributed by atoms with Crippen LogP contribution in [0.25, 0.3) is 6.08 Å². The van der Waals surface area contributed by atoms with Crippen molar-refractivity contribution in [2.24, 2.45) is 11.5 Å². The Balaban J connectivity index is 1.98. The quantitative estimate of drug-likeness (QED) is 0.452. The molecule has 0 spiro atoms. The Labute approximate surface area is 195 Å². The molecule has 3 rings (SSSR count). The summed E-state index contributed by atoms with van der Waals surface area (Å²) in [6.07, 6.45) is 1.57. The summed E-state index contributed by atoms with van der Waals surface area (Å²) < 4.78 is 26.9. The lowest BCUT2D eigenvalue weighted by Gasteiger charge is -2.31. The molecule has 0 aliphatic carbocycles. The van der Waals surface area contributed by atoms with E-state index in [1.54, 1.807) is 32.2 Å². The zero-order valence-electron chi connectivity index (χ0n) is 17.2. The number of likely N-dealkylation sites (N-methyl/N-ethyl adjacent to an activating group) is 1. The molecule has 0 aromatic heterocycles. The van der Waals surface area contributed by atoms with Crippen molar-refractivity contribution in [2.75, 3.05) is 13.6 Å². The number of carbonyl (C=O) groups is 2. The molecule has 12 heteroatoms. The Morgan fingerprint density at radius 3 is 2.31 bits per heavy atom. The zero-order chi connectivity index (χ0) is 23.8. The number of fused-ring (bicyclic) bond motifs is 1. The van der Waals surface area contributed by atoms with Crippen LogP contribution in [0.1, 0.15) is 12.5 Å². The fourth-order valence-corrected chi connectivity index (χ4v) is 4.76. The SMILES string of the molecule is CC(CN)NC(=O)NS(=O)(=O)c1ccc([N+]2(C)C(C(N)=O)=Cc3c2ccc(Cl)c3Cl)cc1. The van der Waals surface area contributed by atoms with Gasteiger partial charge in [0.25, 0.3) is 10.0 Å². The van der Waals surface area contributed by atoms with E-state index in [1.165, 1.54) is 24.3 Å². The summed E-state index contributed by atoms with van der Waals surface area (Å²) in [6.45, 7) is 1.80. The molecule has 2 aromatic rings. The predicted molar refractivity (Wildman–Crippen MR) is 125 cm³/mol. The van der Waals surface area contributed by atoms with Gasteiger partial charge in [-0.3, -0.25) is 4.79 Å². The molecule has 0 saturated carbocycles. The van der Waals surface area contributed by atoms with E-state index in [9.17, 15) is 18.0 Å². The highest BCUT2D eigenvalue weighted by Gasteiger charge is 2.44. The lowest BCUT2D eigenvalue weighted by atomic mass is 10.1. The van der Waals surface area contributed by atoms with Crippen LogP contribution in [0.5, 0.6) is 0 Å². The van der Waals surface area contributed by atoms with Crippen molar-refractivity contribution in [3.05, 3.63) is 57.7 Å². The van der Waals surface area contributed by atoms with E-state index in [0.717, 1.165) is 0 Å². The highest BCUT2D eigenvalue weighted by atomic mass is 35.5. The van der Waals surface area contributed by atoms with Crippen LogP contribution in [0.4, 0.5) is 16.2 Å². The first kappa shape index (κ1) is 24.0. The van der Waals surface area contributed by atoms with E-state index in [4.69, 9.17) is 34.7 Å². The first-order valence-corrected chi connectivity index (χ1v) is 11.7. The number of carbonyl (C=O) groups excluding carboxylic acids is 2. The second kappa shape index (κ2) is 8.72. The number of halogens is 2. The van der Waals surface area contributed by atoms with Gasteiger partial charge in [-0.05, 0) is 25.1 Å². The normalized spacial score (nSPS) is 18.5. The summed E-state index contributed by atoms with van der Waals surface area (Å²) >= 11 is 12.4. The number of quaternary nitrogens is 1. The minimum Gasteiger partial charge on any atom is -0.361 e. The van der Waals surface area contributed by atoms with Crippen molar-refractivity contribution in [3.63, 3.8) is 0 Å². The summed E-state index contributed by atoms with van der Waals surface area (Å²) in [5.74, 6) is -0.667. The summed E-state index contributed by atoms with van der Waals surface area (Å²) in [5, 5.41) is 3.03. The predicted octanol–water partition coefficient (Wildman–Crippen LogP) is 2.44. The van der Waals surface area contributed by atoms with Crippen molar-refractivity contribution in [1.29, 1.82) is 0 Å². The fourth-order valence-electron chi connectivity index (χ4n) is 3.47. The highest BCUT2D eigenvalue weighted by molar-refractivity contribution is 7.90. The molecule has 3 amide bonds. The maximum atomic E-state index is 12.6. The van der Waals surface area contributed by atoms with E-state index >= 15 is 0 Å². The first-order chi connectivity index (χ1) is 14.9. The van der Waals surface area contributed by atoms with Gasteiger partial charge in [0, 0.05) is 36.9 Å². The van der Waals surface area contributed by atoms with Gasteiger partial charge in [0.15, 0.2) is 5.69 Å². The van der Waals surface area contributed by atoms with Gasteiger partial charge in [0.1, 0.15) is 5.69 Å². The molecule has 2 aromatic carbocycles. The van der Waals surface area contributed by atoms with Crippen LogP contribution in [-0.2, 0) is 14.8 Å². The van der Waals surface area contributed by atoms with E-state index in [0.29, 0.717) is 22.0 Å². The number of primary amides is 1. The number of nitrogens with zero attached hydrogens (tertiary/aromatic N) is 1. The summed E-state index contributed by atoms with van der Waals surface area (Å²) in [5.41, 5.74) is 13.0. The lowest BCUT2D eigenvalue weighted by molar-refractivity contribution is -0.115. The Hall–Kier alpha value is -2.63. The Bertz CT molecular complexity index is 1230. The molecule has 1 aliphatic rings. The van der Waals surface area contributed by atoms with Crippen molar-refractivity contribution in [3.8, 4) is 0 Å². The molecule has 32 heavy (non-hydrogen) atoms. The number of urea groups is 1. The monoisotopic (exact) mass is 498 g/mol. The highest BCUT2D eigenvalue weighted by Crippen LogP contribution is 2.49. The number of rotatable bonds is 6. The first-order valence-electron chi connectivity index (χ1n) is 9.43. The number of nitrogens with two attached hydrogens (primary N) is 2. The smallest absolute Gasteiger partial charge is 0.328 e. The van der Waals surface area contributed by atoms with Crippen LogP contribution in [0.15, 0.2) is 47.0 Å². The molecular weight excluding hydrogens is 477 g/mol. The molecule has 0 radical (unpaired) electrons. The molecule has 1 aliphatic heterocycles. The third-order valence-corrected chi connectivity index (χ3v) is 7.39. The van der Waals surface area contributed by atoms with E-state index in [2.05, 4.69) is 5.32 Å². The molecule has 170 valence electrons. The van der Waals surface area contributed by atoms with Crippen LogP contribution in [0.3, 0.4) is 0 Å². The van der Waals surface area contributed by atoms with Gasteiger partial charge < -0.3 is 16.8 Å². The Kier molecular flexibility index (Phi) is 6.55. The standard InChI is InChI=1S/C20H21Cl2N5O4S/c1-11(10-23)25-20(29)26-32(30,31)13-5-3-12(4-6-13)27(2)16-8-7-15(21)18(22)14(16)9-17(27)19(24)28/h3-9,11H,10,23H2,1-2H3,(H3-,24,25,26,28,29)/p+1. The van der Waals surface area contributed by atoms with Crippen LogP contribution in [-0.4, -0.2) is 40.0 Å². The van der Waals surface area contributed by atoms with E-state index in [-0.39, 0.29) is 26.6 Å². The number of hydrogen-bond acceptors (Lipinski definition) is 5. The minimum atomic E-state index is -4.13. The van der Waals surface area contributed by atoms with Crippen LogP contribution in [0.2, 0.25) is 10.0 Å².